The fourth-order valence-electron chi connectivity index (χ4n) is 10.3. The largest absolute Gasteiger partial charge is 0.478 e. The maximum atomic E-state index is 16.4. The number of likely N-dealkylation sites (N-methyl/N-ethyl adjacent to an activating group) is 1. The lowest BCUT2D eigenvalue weighted by Crippen LogP contribution is -2.59. The van der Waals surface area contributed by atoms with E-state index in [0.717, 1.165) is 62.8 Å². The van der Waals surface area contributed by atoms with Crippen LogP contribution in [0.5, 0.6) is 5.75 Å². The van der Waals surface area contributed by atoms with E-state index in [-0.39, 0.29) is 78.3 Å². The van der Waals surface area contributed by atoms with E-state index in [0.29, 0.717) is 46.3 Å². The fraction of sp³-hybridized carbons (Fsp3) is 0.511. The van der Waals surface area contributed by atoms with Gasteiger partial charge in [-0.1, -0.05) is 11.6 Å². The molecule has 4 amide bonds. The third-order valence-electron chi connectivity index (χ3n) is 13.8. The predicted molar refractivity (Wildman–Crippen MR) is 247 cm³/mol. The van der Waals surface area contributed by atoms with Gasteiger partial charge in [0, 0.05) is 86.5 Å². The molecule has 4 aliphatic heterocycles. The molecule has 6 heterocycles. The van der Waals surface area contributed by atoms with Crippen molar-refractivity contribution in [3.8, 4) is 5.75 Å². The minimum atomic E-state index is -0.811. The van der Waals surface area contributed by atoms with E-state index in [1.807, 2.05) is 32.0 Å². The second-order valence-corrected chi connectivity index (χ2v) is 18.7. The molecular formula is C47H56ClFN10O7. The summed E-state index contributed by atoms with van der Waals surface area (Å²) in [4.78, 5) is 80.4. The zero-order valence-electron chi connectivity index (χ0n) is 37.8. The van der Waals surface area contributed by atoms with E-state index >= 15 is 4.39 Å². The smallest absolute Gasteiger partial charge is 0.293 e. The highest BCUT2D eigenvalue weighted by Crippen LogP contribution is 2.42. The molecule has 1 aliphatic carbocycles. The Kier molecular flexibility index (Phi) is 12.7. The molecule has 2 aromatic heterocycles. The first-order valence-electron chi connectivity index (χ1n) is 22.9. The van der Waals surface area contributed by atoms with Gasteiger partial charge in [-0.2, -0.15) is 4.98 Å². The topological polar surface area (TPSA) is 184 Å². The van der Waals surface area contributed by atoms with Crippen molar-refractivity contribution in [2.24, 2.45) is 0 Å². The zero-order valence-corrected chi connectivity index (χ0v) is 38.6. The number of anilines is 4. The number of halogens is 2. The quantitative estimate of drug-likeness (QED) is 0.160. The molecule has 4 fully saturated rings. The summed E-state index contributed by atoms with van der Waals surface area (Å²) in [5.41, 5.74) is 2.16. The molecule has 4 aromatic rings. The van der Waals surface area contributed by atoms with Crippen molar-refractivity contribution in [2.75, 3.05) is 61.5 Å². The van der Waals surface area contributed by atoms with E-state index in [4.69, 9.17) is 26.1 Å². The van der Waals surface area contributed by atoms with Crippen LogP contribution in [0.1, 0.15) is 94.2 Å². The van der Waals surface area contributed by atoms with E-state index in [2.05, 4.69) is 42.6 Å². The number of pyridine rings is 1. The van der Waals surface area contributed by atoms with Crippen LogP contribution in [0.4, 0.5) is 27.5 Å². The van der Waals surface area contributed by atoms with E-state index in [1.165, 1.54) is 11.9 Å². The lowest BCUT2D eigenvalue weighted by atomic mass is 9.86. The number of carbonyl (C=O) groups is 4. The second kappa shape index (κ2) is 18.4. The van der Waals surface area contributed by atoms with Crippen LogP contribution in [-0.4, -0.2) is 125 Å². The van der Waals surface area contributed by atoms with Crippen molar-refractivity contribution in [3.05, 3.63) is 74.9 Å². The predicted octanol–water partition coefficient (Wildman–Crippen LogP) is 5.08. The average molecular weight is 927 g/mol. The SMILES string of the molecule is CNC(=O)COc1cc2cc(Nc3nc(N4CCC(OC5CC(N6CCN(c7ccc8c(c7F)[C@@H](C)N([C@@H]7CCC(=O)NC7=O)C8=O)[C@H](C)C6)C5)CC4)ncc3Cl)ccc2n(C(C)C)c1=O. The van der Waals surface area contributed by atoms with Gasteiger partial charge in [0.15, 0.2) is 24.0 Å². The third-order valence-corrected chi connectivity index (χ3v) is 14.1. The zero-order chi connectivity index (χ0) is 46.6. The second-order valence-electron chi connectivity index (χ2n) is 18.3. The first kappa shape index (κ1) is 45.3. The minimum absolute atomic E-state index is 0.0356. The maximum Gasteiger partial charge on any atom is 0.293 e. The number of ether oxygens (including phenoxy) is 2. The van der Waals surface area contributed by atoms with Crippen LogP contribution >= 0.6 is 11.6 Å². The lowest BCUT2D eigenvalue weighted by Gasteiger charge is -2.49. The van der Waals surface area contributed by atoms with Crippen LogP contribution in [0.25, 0.3) is 10.9 Å². The number of carbonyl (C=O) groups excluding carboxylic acids is 4. The van der Waals surface area contributed by atoms with Gasteiger partial charge in [0.2, 0.25) is 17.8 Å². The van der Waals surface area contributed by atoms with Gasteiger partial charge in [-0.3, -0.25) is 34.2 Å². The van der Waals surface area contributed by atoms with Crippen molar-refractivity contribution in [1.82, 2.24) is 35.0 Å². The summed E-state index contributed by atoms with van der Waals surface area (Å²) in [5.74, 6) is -0.924. The van der Waals surface area contributed by atoms with Gasteiger partial charge in [-0.25, -0.2) is 9.37 Å². The van der Waals surface area contributed by atoms with Crippen LogP contribution in [0, 0.1) is 5.82 Å². The van der Waals surface area contributed by atoms with Gasteiger partial charge in [0.25, 0.3) is 17.4 Å². The molecule has 17 nitrogen and oxygen atoms in total. The van der Waals surface area contributed by atoms with E-state index < -0.39 is 23.8 Å². The lowest BCUT2D eigenvalue weighted by molar-refractivity contribution is -0.137. The van der Waals surface area contributed by atoms with Crippen LogP contribution in [0.15, 0.2) is 47.4 Å². The highest BCUT2D eigenvalue weighted by molar-refractivity contribution is 6.33. The Morgan fingerprint density at radius 2 is 1.77 bits per heavy atom. The normalized spacial score (nSPS) is 23.8. The monoisotopic (exact) mass is 926 g/mol. The minimum Gasteiger partial charge on any atom is -0.478 e. The Balaban J connectivity index is 0.762. The maximum absolute atomic E-state index is 16.4. The van der Waals surface area contributed by atoms with Gasteiger partial charge >= 0.3 is 0 Å². The Morgan fingerprint density at radius 3 is 2.48 bits per heavy atom. The number of nitrogens with zero attached hydrogens (tertiary/aromatic N) is 7. The van der Waals surface area contributed by atoms with Crippen molar-refractivity contribution in [1.29, 1.82) is 0 Å². The first-order valence-corrected chi connectivity index (χ1v) is 23.3. The van der Waals surface area contributed by atoms with Gasteiger partial charge in [-0.15, -0.1) is 0 Å². The summed E-state index contributed by atoms with van der Waals surface area (Å²) < 4.78 is 30.3. The molecule has 0 unspecified atom stereocenters. The molecule has 5 aliphatic rings. The van der Waals surface area contributed by atoms with Crippen molar-refractivity contribution in [3.63, 3.8) is 0 Å². The molecule has 66 heavy (non-hydrogen) atoms. The molecule has 3 saturated heterocycles. The van der Waals surface area contributed by atoms with Crippen LogP contribution in [-0.2, 0) is 19.1 Å². The molecule has 3 atom stereocenters. The number of hydrogen-bond donors (Lipinski definition) is 3. The number of hydrogen-bond acceptors (Lipinski definition) is 13. The van der Waals surface area contributed by atoms with Crippen LogP contribution < -0.4 is 36.0 Å². The van der Waals surface area contributed by atoms with Crippen molar-refractivity contribution in [2.45, 2.75) is 109 Å². The summed E-state index contributed by atoms with van der Waals surface area (Å²) >= 11 is 6.60. The number of nitrogens with one attached hydrogen (secondary N) is 3. The molecule has 1 saturated carbocycles. The Labute approximate surface area is 386 Å². The molecule has 350 valence electrons. The molecule has 2 aromatic carbocycles. The number of fused-ring (bicyclic) bond motifs is 2. The number of aromatic nitrogens is 3. The summed E-state index contributed by atoms with van der Waals surface area (Å²) in [6.45, 7) is 11.1. The molecule has 9 rings (SSSR count). The fourth-order valence-corrected chi connectivity index (χ4v) is 10.4. The number of benzene rings is 2. The molecule has 19 heteroatoms. The molecule has 0 radical (unpaired) electrons. The highest BCUT2D eigenvalue weighted by Gasteiger charge is 2.46. The first-order chi connectivity index (χ1) is 31.7. The standard InChI is InChI=1S/C47H56ClFN10O7/c1-25(2)58-35-8-6-29(18-28(35)19-38(46(58)64)65-24-40(61)50-5)52-43-34(48)22-51-47(54-43)55-14-12-31(13-15-55)66-32-20-30(21-32)56-16-17-57(26(3)23-56)36-9-7-33-41(42(36)49)27(4)59(45(33)63)37-10-11-39(60)53-44(37)62/h6-9,18-19,22,25-27,30-32,37H,10-17,20-21,23-24H2,1-5H3,(H,50,61)(H,51,52,54)(H,53,60,62)/t26-,27-,30?,32?,37-/m1/s1. The molecular weight excluding hydrogens is 871 g/mol. The Hall–Kier alpha value is -5.85. The van der Waals surface area contributed by atoms with Crippen LogP contribution in [0.2, 0.25) is 5.02 Å². The molecule has 0 spiro atoms. The summed E-state index contributed by atoms with van der Waals surface area (Å²) in [6, 6.07) is 9.46. The van der Waals surface area contributed by atoms with E-state index in [1.54, 1.807) is 35.9 Å². The van der Waals surface area contributed by atoms with Gasteiger partial charge < -0.3 is 39.4 Å². The van der Waals surface area contributed by atoms with Crippen molar-refractivity contribution >= 4 is 69.3 Å². The average Bonchev–Trinajstić information content (AvgIpc) is 3.53. The van der Waals surface area contributed by atoms with E-state index in [9.17, 15) is 24.0 Å². The number of piperazine rings is 1. The number of imide groups is 1. The summed E-state index contributed by atoms with van der Waals surface area (Å²) in [7, 11) is 1.51. The number of amides is 4. The molecule has 3 N–H and O–H groups in total. The molecule has 0 bridgehead atoms. The van der Waals surface area contributed by atoms with Gasteiger partial charge in [0.1, 0.15) is 11.1 Å². The Bertz CT molecular complexity index is 2630. The number of rotatable bonds is 12. The van der Waals surface area contributed by atoms with Crippen LogP contribution in [0.3, 0.4) is 0 Å². The third kappa shape index (κ3) is 8.65. The summed E-state index contributed by atoms with van der Waals surface area (Å²) in [6.07, 6.45) is 5.82. The van der Waals surface area contributed by atoms with Gasteiger partial charge in [0.05, 0.1) is 35.7 Å². The number of piperidine rings is 2. The summed E-state index contributed by atoms with van der Waals surface area (Å²) in [5, 5.41) is 9.25. The Morgan fingerprint density at radius 1 is 1.00 bits per heavy atom. The van der Waals surface area contributed by atoms with Crippen molar-refractivity contribution < 1.29 is 33.0 Å². The highest BCUT2D eigenvalue weighted by atomic mass is 35.5. The van der Waals surface area contributed by atoms with Gasteiger partial charge in [-0.05, 0) is 96.2 Å².